The summed E-state index contributed by atoms with van der Waals surface area (Å²) in [5, 5.41) is 18.6. The molecule has 1 aromatic heterocycles. The van der Waals surface area contributed by atoms with Gasteiger partial charge in [0.05, 0.1) is 5.56 Å². The van der Waals surface area contributed by atoms with E-state index in [9.17, 15) is 24.3 Å². The SMILES string of the molecule is CC(C)[C@@H]1NC(=O)c2cc(ccc2O)Oc2ccc(cc2)C[C@H](C(=O)N2CCN(c3ncccn3)CC2)NC(=O)[C@H](C)NC1=O. The van der Waals surface area contributed by atoms with Crippen LogP contribution in [0.3, 0.4) is 0 Å². The van der Waals surface area contributed by atoms with Crippen LogP contribution in [0.25, 0.3) is 0 Å². The number of fused-ring (bicyclic) bond motifs is 11. The number of amides is 4. The zero-order chi connectivity index (χ0) is 32.1. The van der Waals surface area contributed by atoms with Gasteiger partial charge < -0.3 is 35.6 Å². The van der Waals surface area contributed by atoms with Crippen LogP contribution < -0.4 is 25.6 Å². The molecule has 13 heteroatoms. The van der Waals surface area contributed by atoms with E-state index in [1.165, 1.54) is 25.1 Å². The summed E-state index contributed by atoms with van der Waals surface area (Å²) in [5.41, 5.74) is 0.716. The molecule has 4 bridgehead atoms. The second-order valence-electron chi connectivity index (χ2n) is 11.5. The Morgan fingerprint density at radius 3 is 2.24 bits per heavy atom. The Kier molecular flexibility index (Phi) is 9.45. The minimum Gasteiger partial charge on any atom is -0.507 e. The minimum atomic E-state index is -1.01. The molecular weight excluding hydrogens is 578 g/mol. The number of anilines is 1. The molecule has 13 nitrogen and oxygen atoms in total. The zero-order valence-corrected chi connectivity index (χ0v) is 25.4. The summed E-state index contributed by atoms with van der Waals surface area (Å²) in [6.07, 6.45) is 3.56. The lowest BCUT2D eigenvalue weighted by Gasteiger charge is -2.36. The molecule has 3 aliphatic rings. The molecule has 6 rings (SSSR count). The third kappa shape index (κ3) is 7.48. The van der Waals surface area contributed by atoms with Crippen LogP contribution in [0.1, 0.15) is 36.7 Å². The highest BCUT2D eigenvalue weighted by atomic mass is 16.5. The second kappa shape index (κ2) is 13.6. The van der Waals surface area contributed by atoms with Crippen molar-refractivity contribution >= 4 is 29.6 Å². The normalized spacial score (nSPS) is 21.2. The predicted octanol–water partition coefficient (Wildman–Crippen LogP) is 1.62. The molecule has 1 saturated heterocycles. The van der Waals surface area contributed by atoms with Crippen LogP contribution in [0.5, 0.6) is 17.2 Å². The van der Waals surface area contributed by atoms with E-state index < -0.39 is 35.8 Å². The summed E-state index contributed by atoms with van der Waals surface area (Å²) < 4.78 is 5.93. The van der Waals surface area contributed by atoms with Crippen molar-refractivity contribution in [3.05, 3.63) is 72.1 Å². The van der Waals surface area contributed by atoms with Gasteiger partial charge in [-0.2, -0.15) is 0 Å². The fourth-order valence-corrected chi connectivity index (χ4v) is 5.25. The number of nitrogens with zero attached hydrogens (tertiary/aromatic N) is 4. The molecule has 4 N–H and O–H groups in total. The molecule has 2 aromatic carbocycles. The summed E-state index contributed by atoms with van der Waals surface area (Å²) in [6, 6.07) is 10.1. The summed E-state index contributed by atoms with van der Waals surface area (Å²) in [6.45, 7) is 6.95. The van der Waals surface area contributed by atoms with Gasteiger partial charge in [-0.3, -0.25) is 19.2 Å². The van der Waals surface area contributed by atoms with Gasteiger partial charge in [-0.1, -0.05) is 26.0 Å². The largest absolute Gasteiger partial charge is 0.507 e. The van der Waals surface area contributed by atoms with E-state index >= 15 is 0 Å². The van der Waals surface area contributed by atoms with Crippen molar-refractivity contribution < 1.29 is 29.0 Å². The van der Waals surface area contributed by atoms with Gasteiger partial charge in [0.2, 0.25) is 23.7 Å². The van der Waals surface area contributed by atoms with Crippen LogP contribution in [0.4, 0.5) is 5.95 Å². The number of hydrogen-bond donors (Lipinski definition) is 4. The molecule has 4 heterocycles. The lowest BCUT2D eigenvalue weighted by Crippen LogP contribution is -2.59. The Balaban J connectivity index is 1.40. The first-order valence-corrected chi connectivity index (χ1v) is 14.9. The van der Waals surface area contributed by atoms with Crippen LogP contribution >= 0.6 is 0 Å². The number of aromatic nitrogens is 2. The molecule has 3 atom stereocenters. The summed E-state index contributed by atoms with van der Waals surface area (Å²) in [4.78, 5) is 65.9. The van der Waals surface area contributed by atoms with Crippen molar-refractivity contribution in [2.45, 2.75) is 45.3 Å². The van der Waals surface area contributed by atoms with Gasteiger partial charge >= 0.3 is 0 Å². The van der Waals surface area contributed by atoms with Crippen molar-refractivity contribution in [1.82, 2.24) is 30.8 Å². The number of aromatic hydroxyl groups is 1. The van der Waals surface area contributed by atoms with Crippen molar-refractivity contribution in [2.24, 2.45) is 5.92 Å². The summed E-state index contributed by atoms with van der Waals surface area (Å²) in [5.74, 6) is -1.28. The molecule has 1 fully saturated rings. The molecule has 3 aromatic rings. The molecule has 236 valence electrons. The maximum Gasteiger partial charge on any atom is 0.255 e. The zero-order valence-electron chi connectivity index (χ0n) is 25.4. The van der Waals surface area contributed by atoms with E-state index in [1.807, 2.05) is 4.90 Å². The number of phenolic OH excluding ortho intramolecular Hbond substituents is 1. The first-order valence-electron chi connectivity index (χ1n) is 14.9. The van der Waals surface area contributed by atoms with Crippen molar-refractivity contribution in [2.75, 3.05) is 31.1 Å². The first kappa shape index (κ1) is 31.2. The van der Waals surface area contributed by atoms with E-state index in [2.05, 4.69) is 25.9 Å². The van der Waals surface area contributed by atoms with Crippen molar-refractivity contribution in [1.29, 1.82) is 0 Å². The Labute approximate surface area is 261 Å². The number of carbonyl (C=O) groups is 4. The predicted molar refractivity (Wildman–Crippen MR) is 165 cm³/mol. The third-order valence-corrected chi connectivity index (χ3v) is 7.84. The lowest BCUT2D eigenvalue weighted by atomic mass is 10.0. The van der Waals surface area contributed by atoms with E-state index in [4.69, 9.17) is 4.74 Å². The van der Waals surface area contributed by atoms with Crippen LogP contribution in [-0.4, -0.2) is 87.9 Å². The number of rotatable bonds is 3. The molecule has 0 spiro atoms. The van der Waals surface area contributed by atoms with Gasteiger partial charge in [0.25, 0.3) is 5.91 Å². The van der Waals surface area contributed by atoms with E-state index in [1.54, 1.807) is 61.5 Å². The van der Waals surface area contributed by atoms with Crippen LogP contribution in [0.15, 0.2) is 60.9 Å². The molecule has 45 heavy (non-hydrogen) atoms. The molecule has 0 saturated carbocycles. The van der Waals surface area contributed by atoms with Gasteiger partial charge in [-0.25, -0.2) is 9.97 Å². The molecule has 4 amide bonds. The molecule has 3 aliphatic heterocycles. The number of benzene rings is 2. The Morgan fingerprint density at radius 1 is 0.911 bits per heavy atom. The molecule has 0 unspecified atom stereocenters. The third-order valence-electron chi connectivity index (χ3n) is 7.84. The smallest absolute Gasteiger partial charge is 0.255 e. The highest BCUT2D eigenvalue weighted by Crippen LogP contribution is 2.28. The first-order chi connectivity index (χ1) is 21.6. The molecular formula is C32H37N7O6. The van der Waals surface area contributed by atoms with Crippen LogP contribution in [0, 0.1) is 5.92 Å². The molecule has 0 radical (unpaired) electrons. The van der Waals surface area contributed by atoms with Gasteiger partial charge in [0, 0.05) is 45.0 Å². The fourth-order valence-electron chi connectivity index (χ4n) is 5.25. The standard InChI is InChI=1S/C32H37N7O6/c1-19(2)27-30(43)35-20(3)28(41)36-25(31(44)38-13-15-39(16-14-38)32-33-11-4-12-34-32)17-21-5-7-22(8-6-21)45-23-9-10-26(40)24(18-23)29(42)37-27/h4-12,18-20,25,27,40H,13-17H2,1-3H3,(H,35,43)(H,36,41)(H,37,42)/t20-,25+,27-/m0/s1. The van der Waals surface area contributed by atoms with Crippen LogP contribution in [0.2, 0.25) is 0 Å². The minimum absolute atomic E-state index is 0.0621. The number of nitrogens with one attached hydrogen (secondary N) is 3. The van der Waals surface area contributed by atoms with Gasteiger partial charge in [0.1, 0.15) is 35.4 Å². The van der Waals surface area contributed by atoms with E-state index in [0.29, 0.717) is 43.6 Å². The van der Waals surface area contributed by atoms with E-state index in [-0.39, 0.29) is 29.6 Å². The number of phenols is 1. The fraction of sp³-hybridized carbons (Fsp3) is 0.375. The quantitative estimate of drug-likeness (QED) is 0.320. The summed E-state index contributed by atoms with van der Waals surface area (Å²) >= 11 is 0. The lowest BCUT2D eigenvalue weighted by molar-refractivity contribution is -0.137. The summed E-state index contributed by atoms with van der Waals surface area (Å²) in [7, 11) is 0. The topological polar surface area (TPSA) is 166 Å². The number of carbonyl (C=O) groups excluding carboxylic acids is 4. The average molecular weight is 616 g/mol. The van der Waals surface area contributed by atoms with E-state index in [0.717, 1.165) is 5.56 Å². The monoisotopic (exact) mass is 615 g/mol. The average Bonchev–Trinajstić information content (AvgIpc) is 3.04. The second-order valence-corrected chi connectivity index (χ2v) is 11.5. The van der Waals surface area contributed by atoms with Gasteiger partial charge in [0.15, 0.2) is 0 Å². The van der Waals surface area contributed by atoms with Crippen LogP contribution in [-0.2, 0) is 20.8 Å². The molecule has 0 aliphatic carbocycles. The number of ether oxygens (including phenoxy) is 1. The number of piperazine rings is 1. The van der Waals surface area contributed by atoms with Crippen molar-refractivity contribution in [3.63, 3.8) is 0 Å². The Morgan fingerprint density at radius 2 is 1.58 bits per heavy atom. The maximum atomic E-state index is 13.8. The van der Waals surface area contributed by atoms with Gasteiger partial charge in [-0.05, 0) is 54.8 Å². The highest BCUT2D eigenvalue weighted by Gasteiger charge is 2.33. The van der Waals surface area contributed by atoms with Gasteiger partial charge in [-0.15, -0.1) is 0 Å². The Hall–Kier alpha value is -5.20. The van der Waals surface area contributed by atoms with Crippen molar-refractivity contribution in [3.8, 4) is 17.2 Å². The Bertz CT molecular complexity index is 1540. The number of hydrogen-bond acceptors (Lipinski definition) is 9. The highest BCUT2D eigenvalue weighted by molar-refractivity contribution is 6.00. The maximum absolute atomic E-state index is 13.8.